The number of esters is 1. The summed E-state index contributed by atoms with van der Waals surface area (Å²) < 4.78 is 34.8. The number of rotatable bonds is 34. The quantitative estimate of drug-likeness (QED) is 0.0130. The highest BCUT2D eigenvalue weighted by atomic mass is 32.2. The van der Waals surface area contributed by atoms with E-state index >= 15 is 0 Å². The van der Waals surface area contributed by atoms with E-state index in [0.29, 0.717) is 76.5 Å². The molecule has 0 saturated carbocycles. The Bertz CT molecular complexity index is 1720. The second-order valence-electron chi connectivity index (χ2n) is 16.5. The minimum atomic E-state index is -0.953. The number of aliphatic carboxylic acids is 1. The van der Waals surface area contributed by atoms with E-state index < -0.39 is 17.0 Å². The van der Waals surface area contributed by atoms with Crippen molar-refractivity contribution in [1.82, 2.24) is 20.6 Å². The predicted octanol–water partition coefficient (Wildman–Crippen LogP) is 8.47. The SMILES string of the molecule is C=C.CNCCOCCOCC(=O)O.C\C=C/C(=C\C=C\CCOc1ccc(SNc2ncc(C(=O)NCCOCCOCC=O)cn2)cc1)CCCCC(C)CC(C)(C)C(=O)OC(C)(C)C. The maximum Gasteiger partial charge on any atom is 0.329 e. The molecule has 1 heterocycles. The summed E-state index contributed by atoms with van der Waals surface area (Å²) in [7, 11) is 1.84. The summed E-state index contributed by atoms with van der Waals surface area (Å²) in [4.78, 5) is 54.4. The van der Waals surface area contributed by atoms with Crippen LogP contribution in [0.2, 0.25) is 0 Å². The van der Waals surface area contributed by atoms with Crippen LogP contribution in [0, 0.1) is 11.3 Å². The van der Waals surface area contributed by atoms with E-state index in [1.807, 2.05) is 72.9 Å². The number of ether oxygens (including phenoxy) is 6. The molecule has 0 aliphatic heterocycles. The molecular formula is C50H79N5O11S. The van der Waals surface area contributed by atoms with Gasteiger partial charge in [0.05, 0.1) is 57.2 Å². The molecule has 17 heteroatoms. The van der Waals surface area contributed by atoms with E-state index in [2.05, 4.69) is 75.8 Å². The number of unbranched alkanes of at least 4 members (excludes halogenated alkanes) is 1. The number of likely N-dealkylation sites (N-methyl/N-ethyl adjacent to an activating group) is 1. The molecule has 1 amide bonds. The number of carbonyl (C=O) groups excluding carboxylic acids is 3. The Morgan fingerprint density at radius 1 is 0.881 bits per heavy atom. The number of carboxylic acids is 1. The molecule has 0 radical (unpaired) electrons. The Morgan fingerprint density at radius 2 is 1.52 bits per heavy atom. The van der Waals surface area contributed by atoms with Gasteiger partial charge in [0.25, 0.3) is 5.91 Å². The normalized spacial score (nSPS) is 12.1. The summed E-state index contributed by atoms with van der Waals surface area (Å²) in [6.07, 6.45) is 20.2. The van der Waals surface area contributed by atoms with Crippen molar-refractivity contribution in [2.45, 2.75) is 97.5 Å². The fourth-order valence-electron chi connectivity index (χ4n) is 5.71. The predicted molar refractivity (Wildman–Crippen MR) is 266 cm³/mol. The van der Waals surface area contributed by atoms with Crippen molar-refractivity contribution in [3.05, 3.63) is 91.3 Å². The van der Waals surface area contributed by atoms with Crippen LogP contribution in [0.1, 0.15) is 97.3 Å². The fourth-order valence-corrected chi connectivity index (χ4v) is 6.30. The van der Waals surface area contributed by atoms with Crippen LogP contribution in [0.15, 0.2) is 90.7 Å². The molecule has 376 valence electrons. The molecule has 1 aromatic carbocycles. The molecule has 0 aliphatic carbocycles. The van der Waals surface area contributed by atoms with Crippen LogP contribution in [-0.4, -0.2) is 124 Å². The van der Waals surface area contributed by atoms with Crippen LogP contribution >= 0.6 is 11.9 Å². The molecule has 16 nitrogen and oxygen atoms in total. The monoisotopic (exact) mass is 958 g/mol. The first kappa shape index (κ1) is 62.1. The number of allylic oxidation sites excluding steroid dienone is 5. The van der Waals surface area contributed by atoms with Gasteiger partial charge in [-0.25, -0.2) is 14.8 Å². The van der Waals surface area contributed by atoms with Crippen LogP contribution in [0.3, 0.4) is 0 Å². The van der Waals surface area contributed by atoms with Crippen molar-refractivity contribution in [2.24, 2.45) is 11.3 Å². The van der Waals surface area contributed by atoms with Crippen LogP contribution in [0.4, 0.5) is 5.95 Å². The van der Waals surface area contributed by atoms with E-state index in [4.69, 9.17) is 33.5 Å². The topological polar surface area (TPSA) is 206 Å². The number of amides is 1. The van der Waals surface area contributed by atoms with E-state index in [1.165, 1.54) is 29.9 Å². The number of nitrogens with zero attached hydrogens (tertiary/aromatic N) is 2. The molecule has 1 aromatic heterocycles. The Hall–Kier alpha value is -4.91. The Morgan fingerprint density at radius 3 is 2.13 bits per heavy atom. The van der Waals surface area contributed by atoms with Gasteiger partial charge in [0, 0.05) is 30.4 Å². The molecule has 0 fully saturated rings. The van der Waals surface area contributed by atoms with Gasteiger partial charge in [0.2, 0.25) is 5.95 Å². The van der Waals surface area contributed by atoms with Crippen molar-refractivity contribution in [1.29, 1.82) is 0 Å². The number of carboxylic acid groups (broad SMARTS) is 1. The number of anilines is 1. The number of aldehydes is 1. The van der Waals surface area contributed by atoms with Gasteiger partial charge >= 0.3 is 11.9 Å². The number of benzene rings is 1. The molecule has 0 aliphatic rings. The van der Waals surface area contributed by atoms with Crippen LogP contribution in [-0.2, 0) is 38.1 Å². The zero-order chi connectivity index (χ0) is 50.2. The zero-order valence-corrected chi connectivity index (χ0v) is 42.1. The first-order valence-electron chi connectivity index (χ1n) is 22.7. The highest BCUT2D eigenvalue weighted by Crippen LogP contribution is 2.31. The lowest BCUT2D eigenvalue weighted by Crippen LogP contribution is -2.34. The maximum atomic E-state index is 12.6. The lowest BCUT2D eigenvalue weighted by atomic mass is 9.81. The minimum Gasteiger partial charge on any atom is -0.493 e. The van der Waals surface area contributed by atoms with Gasteiger partial charge in [-0.3, -0.25) is 14.3 Å². The lowest BCUT2D eigenvalue weighted by molar-refractivity contribution is -0.166. The van der Waals surface area contributed by atoms with Crippen molar-refractivity contribution in [3.8, 4) is 5.75 Å². The fraction of sp³-hybridized carbons (Fsp3) is 0.560. The van der Waals surface area contributed by atoms with Gasteiger partial charge in [-0.2, -0.15) is 0 Å². The summed E-state index contributed by atoms with van der Waals surface area (Å²) in [6.45, 7) is 23.9. The van der Waals surface area contributed by atoms with Gasteiger partial charge in [-0.05, 0) is 122 Å². The van der Waals surface area contributed by atoms with Crippen molar-refractivity contribution < 1.29 is 52.7 Å². The van der Waals surface area contributed by atoms with Gasteiger partial charge in [-0.15, -0.1) is 13.2 Å². The average Bonchev–Trinajstić information content (AvgIpc) is 3.29. The van der Waals surface area contributed by atoms with Gasteiger partial charge in [0.1, 0.15) is 30.9 Å². The summed E-state index contributed by atoms with van der Waals surface area (Å²) in [6, 6.07) is 7.76. The number of hydrogen-bond donors (Lipinski definition) is 4. The highest BCUT2D eigenvalue weighted by molar-refractivity contribution is 8.00. The van der Waals surface area contributed by atoms with Gasteiger partial charge in [-0.1, -0.05) is 50.1 Å². The number of aromatic nitrogens is 2. The van der Waals surface area contributed by atoms with Crippen LogP contribution in [0.5, 0.6) is 5.75 Å². The summed E-state index contributed by atoms with van der Waals surface area (Å²) in [5.41, 5.74) is 0.694. The third kappa shape index (κ3) is 35.0. The molecule has 0 spiro atoms. The van der Waals surface area contributed by atoms with Crippen molar-refractivity contribution >= 4 is 42.0 Å². The molecule has 1 unspecified atom stereocenters. The zero-order valence-electron chi connectivity index (χ0n) is 41.3. The molecule has 2 aromatic rings. The van der Waals surface area contributed by atoms with Gasteiger partial charge < -0.3 is 49.0 Å². The second kappa shape index (κ2) is 39.1. The first-order valence-corrected chi connectivity index (χ1v) is 23.5. The van der Waals surface area contributed by atoms with E-state index in [0.717, 1.165) is 55.7 Å². The molecule has 0 saturated heterocycles. The standard InChI is InChI=1S/C41H60N4O7S.C7H15NO4.C2H4/c1-8-14-33(17-12-11-15-32(2)29-41(6,7)38(48)52-40(3,4)5)16-10-9-13-24-51-35-18-20-36(21-19-35)53-45-39-43-30-34(31-44-39)37(47)42-22-25-49-27-28-50-26-23-46;1-8-2-3-11-4-5-12-6-7(9)10;1-2/h8-10,14,16,18-21,23,30-32H,11-13,15,17,22,24-29H2,1-7H3,(H,42,47)(H,43,44,45);8H,2-6H2,1H3,(H,9,10);1-2H2/b10-9+,14-8-,33-16+;;. The molecule has 4 N–H and O–H groups in total. The Balaban J connectivity index is 0.00000269. The average molecular weight is 958 g/mol. The number of nitrogens with one attached hydrogen (secondary N) is 3. The van der Waals surface area contributed by atoms with E-state index in [1.54, 1.807) is 0 Å². The van der Waals surface area contributed by atoms with E-state index in [9.17, 15) is 19.2 Å². The van der Waals surface area contributed by atoms with Crippen molar-refractivity contribution in [3.63, 3.8) is 0 Å². The molecule has 0 bridgehead atoms. The molecule has 1 atom stereocenters. The third-order valence-corrected chi connectivity index (χ3v) is 9.58. The molecule has 67 heavy (non-hydrogen) atoms. The third-order valence-electron chi connectivity index (χ3n) is 8.78. The highest BCUT2D eigenvalue weighted by Gasteiger charge is 2.33. The number of carbonyl (C=O) groups is 4. The Kier molecular flexibility index (Phi) is 36.3. The smallest absolute Gasteiger partial charge is 0.329 e. The first-order chi connectivity index (χ1) is 32.1. The molecular weight excluding hydrogens is 879 g/mol. The number of hydrogen-bond acceptors (Lipinski definition) is 15. The van der Waals surface area contributed by atoms with Crippen LogP contribution < -0.4 is 20.1 Å². The van der Waals surface area contributed by atoms with Crippen LogP contribution in [0.25, 0.3) is 0 Å². The largest absolute Gasteiger partial charge is 0.493 e. The summed E-state index contributed by atoms with van der Waals surface area (Å²) >= 11 is 1.36. The lowest BCUT2D eigenvalue weighted by Gasteiger charge is -2.30. The maximum absolute atomic E-state index is 12.6. The summed E-state index contributed by atoms with van der Waals surface area (Å²) in [5, 5.41) is 13.8. The van der Waals surface area contributed by atoms with Crippen molar-refractivity contribution in [2.75, 3.05) is 84.3 Å². The van der Waals surface area contributed by atoms with E-state index in [-0.39, 0.29) is 25.1 Å². The summed E-state index contributed by atoms with van der Waals surface area (Å²) in [5.74, 6) is 0.259. The molecule has 2 rings (SSSR count). The Labute approximate surface area is 404 Å². The second-order valence-corrected chi connectivity index (χ2v) is 17.4. The van der Waals surface area contributed by atoms with Gasteiger partial charge in [0.15, 0.2) is 0 Å². The minimum absolute atomic E-state index is 0.0473.